The molecular weight excluding hydrogens is 240 g/mol. The van der Waals surface area contributed by atoms with Gasteiger partial charge in [0.25, 0.3) is 5.91 Å². The van der Waals surface area contributed by atoms with Crippen LogP contribution >= 0.6 is 0 Å². The second-order valence-electron chi connectivity index (χ2n) is 7.04. The van der Waals surface area contributed by atoms with Crippen LogP contribution in [0.25, 0.3) is 0 Å². The van der Waals surface area contributed by atoms with Crippen molar-refractivity contribution in [1.29, 1.82) is 0 Å². The van der Waals surface area contributed by atoms with E-state index in [1.165, 1.54) is 25.7 Å². The van der Waals surface area contributed by atoms with Crippen LogP contribution in [0.15, 0.2) is 0 Å². The molecule has 0 aromatic rings. The van der Waals surface area contributed by atoms with Crippen molar-refractivity contribution in [3.63, 3.8) is 0 Å². The van der Waals surface area contributed by atoms with Gasteiger partial charge in [-0.1, -0.05) is 19.3 Å². The molecule has 3 aliphatic carbocycles. The number of urea groups is 1. The highest BCUT2D eigenvalue weighted by Gasteiger charge is 2.55. The van der Waals surface area contributed by atoms with Gasteiger partial charge < -0.3 is 4.90 Å². The van der Waals surface area contributed by atoms with Gasteiger partial charge in [-0.2, -0.15) is 0 Å². The summed E-state index contributed by atoms with van der Waals surface area (Å²) in [5, 5.41) is 2.57. The molecule has 4 aliphatic rings. The molecule has 1 N–H and O–H groups in total. The maximum absolute atomic E-state index is 12.2. The van der Waals surface area contributed by atoms with Gasteiger partial charge in [-0.3, -0.25) is 10.1 Å². The average Bonchev–Trinajstić information content (AvgIpc) is 3.13. The molecule has 4 rings (SSSR count). The molecule has 0 aromatic heterocycles. The molecule has 3 unspecified atom stereocenters. The zero-order valence-corrected chi connectivity index (χ0v) is 11.4. The molecular formula is C15H22N2O2. The van der Waals surface area contributed by atoms with Crippen molar-refractivity contribution in [3.05, 3.63) is 0 Å². The topological polar surface area (TPSA) is 49.4 Å². The van der Waals surface area contributed by atoms with E-state index in [0.29, 0.717) is 5.92 Å². The highest BCUT2D eigenvalue weighted by molar-refractivity contribution is 6.07. The molecule has 4 fully saturated rings. The molecule has 19 heavy (non-hydrogen) atoms. The van der Waals surface area contributed by atoms with Crippen molar-refractivity contribution in [2.75, 3.05) is 6.54 Å². The second-order valence-corrected chi connectivity index (χ2v) is 7.04. The molecule has 3 atom stereocenters. The number of nitrogens with zero attached hydrogens (tertiary/aromatic N) is 1. The summed E-state index contributed by atoms with van der Waals surface area (Å²) in [7, 11) is 0. The number of fused-ring (bicyclic) bond motifs is 2. The Morgan fingerprint density at radius 3 is 2.58 bits per heavy atom. The molecule has 3 amide bonds. The first-order valence-corrected chi connectivity index (χ1v) is 7.82. The van der Waals surface area contributed by atoms with E-state index in [-0.39, 0.29) is 11.9 Å². The SMILES string of the molecule is O=C1NC(=O)C2(CCCC2)N1CC1CC2CCC1C2. The van der Waals surface area contributed by atoms with Crippen molar-refractivity contribution < 1.29 is 9.59 Å². The van der Waals surface area contributed by atoms with E-state index in [1.807, 2.05) is 4.90 Å². The maximum Gasteiger partial charge on any atom is 0.325 e. The van der Waals surface area contributed by atoms with E-state index in [2.05, 4.69) is 5.32 Å². The lowest BCUT2D eigenvalue weighted by Gasteiger charge is -2.35. The van der Waals surface area contributed by atoms with E-state index >= 15 is 0 Å². The molecule has 3 saturated carbocycles. The lowest BCUT2D eigenvalue weighted by atomic mass is 9.86. The molecule has 104 valence electrons. The Hall–Kier alpha value is -1.06. The summed E-state index contributed by atoms with van der Waals surface area (Å²) in [4.78, 5) is 26.2. The van der Waals surface area contributed by atoms with E-state index in [0.717, 1.165) is 44.1 Å². The van der Waals surface area contributed by atoms with Gasteiger partial charge in [0.05, 0.1) is 0 Å². The average molecular weight is 262 g/mol. The van der Waals surface area contributed by atoms with Crippen LogP contribution in [0.4, 0.5) is 4.79 Å². The monoisotopic (exact) mass is 262 g/mol. The number of hydrogen-bond donors (Lipinski definition) is 1. The molecule has 4 nitrogen and oxygen atoms in total. The molecule has 1 spiro atoms. The van der Waals surface area contributed by atoms with Crippen LogP contribution < -0.4 is 5.32 Å². The lowest BCUT2D eigenvalue weighted by molar-refractivity contribution is -0.126. The normalized spacial score (nSPS) is 39.6. The first kappa shape index (κ1) is 11.7. The molecule has 4 heteroatoms. The summed E-state index contributed by atoms with van der Waals surface area (Å²) in [6.45, 7) is 0.818. The van der Waals surface area contributed by atoms with Crippen LogP contribution in [-0.4, -0.2) is 28.9 Å². The molecule has 1 heterocycles. The first-order chi connectivity index (χ1) is 9.19. The van der Waals surface area contributed by atoms with Gasteiger partial charge in [-0.15, -0.1) is 0 Å². The number of rotatable bonds is 2. The van der Waals surface area contributed by atoms with Crippen LogP contribution in [0.2, 0.25) is 0 Å². The fourth-order valence-corrected chi connectivity index (χ4v) is 5.15. The largest absolute Gasteiger partial charge is 0.325 e. The van der Waals surface area contributed by atoms with Crippen molar-refractivity contribution in [2.24, 2.45) is 17.8 Å². The Morgan fingerprint density at radius 1 is 1.16 bits per heavy atom. The summed E-state index contributed by atoms with van der Waals surface area (Å²) in [5.41, 5.74) is -0.473. The van der Waals surface area contributed by atoms with Gasteiger partial charge in [0, 0.05) is 6.54 Å². The summed E-state index contributed by atoms with van der Waals surface area (Å²) < 4.78 is 0. The first-order valence-electron chi connectivity index (χ1n) is 7.82. The van der Waals surface area contributed by atoms with Crippen LogP contribution in [-0.2, 0) is 4.79 Å². The number of amides is 3. The summed E-state index contributed by atoms with van der Waals surface area (Å²) in [5.74, 6) is 2.33. The molecule has 1 aliphatic heterocycles. The second kappa shape index (κ2) is 3.97. The van der Waals surface area contributed by atoms with Crippen LogP contribution in [0.1, 0.15) is 51.4 Å². The minimum atomic E-state index is -0.473. The minimum Gasteiger partial charge on any atom is -0.309 e. The predicted octanol–water partition coefficient (Wildman–Crippen LogP) is 2.29. The Kier molecular flexibility index (Phi) is 2.45. The number of carbonyl (C=O) groups is 2. The highest BCUT2D eigenvalue weighted by atomic mass is 16.2. The van der Waals surface area contributed by atoms with Crippen molar-refractivity contribution in [2.45, 2.75) is 56.9 Å². The van der Waals surface area contributed by atoms with Crippen molar-refractivity contribution in [3.8, 4) is 0 Å². The third kappa shape index (κ3) is 1.58. The number of hydrogen-bond acceptors (Lipinski definition) is 2. The van der Waals surface area contributed by atoms with E-state index in [9.17, 15) is 9.59 Å². The maximum atomic E-state index is 12.2. The van der Waals surface area contributed by atoms with E-state index < -0.39 is 5.54 Å². The lowest BCUT2D eigenvalue weighted by Crippen LogP contribution is -2.49. The molecule has 1 saturated heterocycles. The predicted molar refractivity (Wildman–Crippen MR) is 70.4 cm³/mol. The van der Waals surface area contributed by atoms with Gasteiger partial charge in [-0.25, -0.2) is 4.79 Å². The van der Waals surface area contributed by atoms with Crippen LogP contribution in [0, 0.1) is 17.8 Å². The third-order valence-electron chi connectivity index (χ3n) is 6.14. The summed E-state index contributed by atoms with van der Waals surface area (Å²) in [6, 6.07) is -0.130. The van der Waals surface area contributed by atoms with Gasteiger partial charge in [0.2, 0.25) is 0 Å². The van der Waals surface area contributed by atoms with Crippen LogP contribution in [0.5, 0.6) is 0 Å². The highest BCUT2D eigenvalue weighted by Crippen LogP contribution is 2.50. The number of nitrogens with one attached hydrogen (secondary N) is 1. The van der Waals surface area contributed by atoms with Crippen LogP contribution in [0.3, 0.4) is 0 Å². The van der Waals surface area contributed by atoms with Crippen molar-refractivity contribution in [1.82, 2.24) is 10.2 Å². The smallest absolute Gasteiger partial charge is 0.309 e. The molecule has 0 aromatic carbocycles. The molecule has 2 bridgehead atoms. The van der Waals surface area contributed by atoms with Gasteiger partial charge in [0.15, 0.2) is 0 Å². The summed E-state index contributed by atoms with van der Waals surface area (Å²) in [6.07, 6.45) is 9.25. The van der Waals surface area contributed by atoms with Gasteiger partial charge >= 0.3 is 6.03 Å². The van der Waals surface area contributed by atoms with E-state index in [1.54, 1.807) is 0 Å². The van der Waals surface area contributed by atoms with E-state index in [4.69, 9.17) is 0 Å². The third-order valence-corrected chi connectivity index (χ3v) is 6.14. The fraction of sp³-hybridized carbons (Fsp3) is 0.867. The Morgan fingerprint density at radius 2 is 1.95 bits per heavy atom. The number of imide groups is 1. The minimum absolute atomic E-state index is 0.0295. The van der Waals surface area contributed by atoms with Crippen molar-refractivity contribution >= 4 is 11.9 Å². The Labute approximate surface area is 113 Å². The molecule has 0 radical (unpaired) electrons. The Bertz CT molecular complexity index is 428. The standard InChI is InChI=1S/C15H22N2O2/c18-13-15(5-1-2-6-15)17(14(19)16-13)9-12-8-10-3-4-11(12)7-10/h10-12H,1-9H2,(H,16,18,19). The zero-order chi connectivity index (χ0) is 13.0. The fourth-order valence-electron chi connectivity index (χ4n) is 5.15. The van der Waals surface area contributed by atoms with Gasteiger partial charge in [-0.05, 0) is 49.9 Å². The Balaban J connectivity index is 1.55. The number of carbonyl (C=O) groups excluding carboxylic acids is 2. The zero-order valence-electron chi connectivity index (χ0n) is 11.4. The van der Waals surface area contributed by atoms with Gasteiger partial charge in [0.1, 0.15) is 5.54 Å². The summed E-state index contributed by atoms with van der Waals surface area (Å²) >= 11 is 0. The quantitative estimate of drug-likeness (QED) is 0.776.